The number of nitrogens with zero attached hydrogens (tertiary/aromatic N) is 4. The summed E-state index contributed by atoms with van der Waals surface area (Å²) < 4.78 is 1.96. The van der Waals surface area contributed by atoms with Gasteiger partial charge in [-0.1, -0.05) is 35.9 Å². The number of carbonyl (C=O) groups excluding carboxylic acids is 2. The molecule has 182 valence electrons. The van der Waals surface area contributed by atoms with Crippen molar-refractivity contribution in [2.45, 2.75) is 40.0 Å². The molecule has 0 radical (unpaired) electrons. The molecule has 2 aliphatic rings. The number of nitrogens with one attached hydrogen (secondary N) is 1. The van der Waals surface area contributed by atoms with E-state index in [1.807, 2.05) is 41.6 Å². The Labute approximate surface area is 206 Å². The fourth-order valence-corrected chi connectivity index (χ4v) is 5.16. The van der Waals surface area contributed by atoms with E-state index in [-0.39, 0.29) is 11.8 Å². The second-order valence-electron chi connectivity index (χ2n) is 9.76. The number of fused-ring (bicyclic) bond motifs is 1. The number of benzene rings is 2. The average molecular weight is 472 g/mol. The summed E-state index contributed by atoms with van der Waals surface area (Å²) in [5.41, 5.74) is 8.09. The van der Waals surface area contributed by atoms with Crippen LogP contribution in [0.2, 0.25) is 0 Å². The molecule has 35 heavy (non-hydrogen) atoms. The molecule has 1 aliphatic heterocycles. The van der Waals surface area contributed by atoms with Crippen LogP contribution in [-0.4, -0.2) is 64.1 Å². The van der Waals surface area contributed by atoms with Gasteiger partial charge in [0.15, 0.2) is 5.69 Å². The molecule has 1 N–H and O–H groups in total. The van der Waals surface area contributed by atoms with Gasteiger partial charge >= 0.3 is 0 Å². The molecule has 0 atom stereocenters. The third-order valence-corrected chi connectivity index (χ3v) is 7.18. The highest BCUT2D eigenvalue weighted by Gasteiger charge is 2.31. The van der Waals surface area contributed by atoms with Gasteiger partial charge in [0.05, 0.1) is 12.2 Å². The molecule has 0 saturated carbocycles. The quantitative estimate of drug-likeness (QED) is 0.616. The Balaban J connectivity index is 1.22. The molecule has 1 fully saturated rings. The first-order chi connectivity index (χ1) is 16.9. The number of hydrogen-bond donors (Lipinski definition) is 1. The molecule has 1 aliphatic carbocycles. The van der Waals surface area contributed by atoms with E-state index in [0.717, 1.165) is 47.3 Å². The van der Waals surface area contributed by atoms with E-state index in [4.69, 9.17) is 5.10 Å². The minimum atomic E-state index is -0.0168. The van der Waals surface area contributed by atoms with Crippen LogP contribution >= 0.6 is 0 Å². The maximum Gasteiger partial charge on any atom is 0.274 e. The lowest BCUT2D eigenvalue weighted by atomic mass is 10.1. The van der Waals surface area contributed by atoms with E-state index in [2.05, 4.69) is 41.4 Å². The van der Waals surface area contributed by atoms with Crippen molar-refractivity contribution in [2.24, 2.45) is 0 Å². The van der Waals surface area contributed by atoms with E-state index >= 15 is 0 Å². The zero-order valence-corrected chi connectivity index (χ0v) is 20.8. The van der Waals surface area contributed by atoms with E-state index in [9.17, 15) is 9.59 Å². The number of piperazine rings is 1. The summed E-state index contributed by atoms with van der Waals surface area (Å²) >= 11 is 0. The van der Waals surface area contributed by atoms with E-state index in [0.29, 0.717) is 38.4 Å². The molecular weight excluding hydrogens is 438 g/mol. The van der Waals surface area contributed by atoms with Crippen LogP contribution in [0.15, 0.2) is 42.5 Å². The minimum Gasteiger partial charge on any atom is -0.335 e. The Morgan fingerprint density at radius 2 is 1.60 bits per heavy atom. The maximum atomic E-state index is 13.5. The largest absolute Gasteiger partial charge is 0.335 e. The van der Waals surface area contributed by atoms with Gasteiger partial charge in [0.1, 0.15) is 0 Å². The lowest BCUT2D eigenvalue weighted by molar-refractivity contribution is -0.117. The molecule has 2 heterocycles. The summed E-state index contributed by atoms with van der Waals surface area (Å²) in [4.78, 5) is 30.1. The molecular formula is C28H33N5O2. The number of rotatable bonds is 5. The Morgan fingerprint density at radius 3 is 2.29 bits per heavy atom. The van der Waals surface area contributed by atoms with Crippen LogP contribution in [0.5, 0.6) is 0 Å². The predicted molar refractivity (Wildman–Crippen MR) is 137 cm³/mol. The van der Waals surface area contributed by atoms with Gasteiger partial charge in [-0.05, 0) is 63.3 Å². The van der Waals surface area contributed by atoms with Crippen LogP contribution in [0, 0.1) is 20.8 Å². The fourth-order valence-electron chi connectivity index (χ4n) is 5.16. The van der Waals surface area contributed by atoms with E-state index < -0.39 is 0 Å². The highest BCUT2D eigenvalue weighted by molar-refractivity contribution is 5.95. The number of carbonyl (C=O) groups is 2. The highest BCUT2D eigenvalue weighted by Crippen LogP contribution is 2.29. The third-order valence-electron chi connectivity index (χ3n) is 7.18. The van der Waals surface area contributed by atoms with E-state index in [1.165, 1.54) is 11.3 Å². The minimum absolute atomic E-state index is 0.00801. The zero-order valence-electron chi connectivity index (χ0n) is 20.8. The number of aromatic nitrogens is 2. The molecule has 7 heteroatoms. The summed E-state index contributed by atoms with van der Waals surface area (Å²) in [7, 11) is 0. The van der Waals surface area contributed by atoms with Crippen LogP contribution < -0.4 is 5.32 Å². The number of amides is 2. The first-order valence-electron chi connectivity index (χ1n) is 12.5. The second-order valence-corrected chi connectivity index (χ2v) is 9.76. The topological polar surface area (TPSA) is 70.5 Å². The van der Waals surface area contributed by atoms with Crippen molar-refractivity contribution in [1.82, 2.24) is 19.6 Å². The molecule has 1 aromatic heterocycles. The standard InChI is InChI=1S/C28H33N5O2/c1-19-10-12-22(13-11-19)33-24-9-5-8-23(24)27(30-33)28(35)32-16-14-31(15-17-32)18-25(34)29-26-20(2)6-4-7-21(26)3/h4,6-7,10-13H,5,8-9,14-18H2,1-3H3,(H,29,34). The van der Waals surface area contributed by atoms with Crippen molar-refractivity contribution in [3.8, 4) is 5.69 Å². The van der Waals surface area contributed by atoms with E-state index in [1.54, 1.807) is 0 Å². The molecule has 5 rings (SSSR count). The van der Waals surface area contributed by atoms with Gasteiger partial charge in [0.25, 0.3) is 5.91 Å². The zero-order chi connectivity index (χ0) is 24.5. The van der Waals surface area contributed by atoms with Crippen molar-refractivity contribution in [3.05, 3.63) is 76.1 Å². The van der Waals surface area contributed by atoms with Crippen molar-refractivity contribution in [3.63, 3.8) is 0 Å². The summed E-state index contributed by atoms with van der Waals surface area (Å²) in [5.74, 6) is -0.00881. The summed E-state index contributed by atoms with van der Waals surface area (Å²) in [6.45, 7) is 8.95. The Bertz CT molecular complexity index is 1230. The Morgan fingerprint density at radius 1 is 0.914 bits per heavy atom. The molecule has 0 spiro atoms. The summed E-state index contributed by atoms with van der Waals surface area (Å²) in [6.07, 6.45) is 2.91. The van der Waals surface area contributed by atoms with Gasteiger partial charge in [-0.2, -0.15) is 5.10 Å². The van der Waals surface area contributed by atoms with Gasteiger partial charge in [0.2, 0.25) is 5.91 Å². The average Bonchev–Trinajstić information content (AvgIpc) is 3.45. The number of para-hydroxylation sites is 1. The molecule has 0 bridgehead atoms. The van der Waals surface area contributed by atoms with Gasteiger partial charge in [-0.15, -0.1) is 0 Å². The SMILES string of the molecule is Cc1ccc(-n2nc(C(=O)N3CCN(CC(=O)Nc4c(C)cccc4C)CC3)c3c2CCC3)cc1. The molecule has 3 aromatic rings. The molecule has 0 unspecified atom stereocenters. The monoisotopic (exact) mass is 471 g/mol. The van der Waals surface area contributed by atoms with Gasteiger partial charge in [0, 0.05) is 43.1 Å². The maximum absolute atomic E-state index is 13.5. The smallest absolute Gasteiger partial charge is 0.274 e. The lowest BCUT2D eigenvalue weighted by Gasteiger charge is -2.34. The van der Waals surface area contributed by atoms with Gasteiger partial charge in [-0.3, -0.25) is 14.5 Å². The van der Waals surface area contributed by atoms with Crippen LogP contribution in [0.25, 0.3) is 5.69 Å². The third kappa shape index (κ3) is 4.73. The van der Waals surface area contributed by atoms with Crippen molar-refractivity contribution in [1.29, 1.82) is 0 Å². The molecule has 2 amide bonds. The summed E-state index contributed by atoms with van der Waals surface area (Å²) in [6, 6.07) is 14.3. The number of aryl methyl sites for hydroxylation is 3. The van der Waals surface area contributed by atoms with Crippen LogP contribution in [-0.2, 0) is 17.6 Å². The summed E-state index contributed by atoms with van der Waals surface area (Å²) in [5, 5.41) is 7.85. The Kier molecular flexibility index (Phi) is 6.43. The first-order valence-corrected chi connectivity index (χ1v) is 12.5. The van der Waals surface area contributed by atoms with Gasteiger partial charge in [-0.25, -0.2) is 4.68 Å². The normalized spacial score (nSPS) is 15.8. The molecule has 7 nitrogen and oxygen atoms in total. The molecule has 1 saturated heterocycles. The predicted octanol–water partition coefficient (Wildman–Crippen LogP) is 3.68. The van der Waals surface area contributed by atoms with Crippen LogP contribution in [0.3, 0.4) is 0 Å². The van der Waals surface area contributed by atoms with Crippen molar-refractivity contribution in [2.75, 3.05) is 38.0 Å². The highest BCUT2D eigenvalue weighted by atomic mass is 16.2. The van der Waals surface area contributed by atoms with Gasteiger partial charge < -0.3 is 10.2 Å². The Hall–Kier alpha value is -3.45. The second kappa shape index (κ2) is 9.66. The van der Waals surface area contributed by atoms with Crippen molar-refractivity contribution < 1.29 is 9.59 Å². The number of hydrogen-bond acceptors (Lipinski definition) is 4. The van der Waals surface area contributed by atoms with Crippen LogP contribution in [0.1, 0.15) is 44.9 Å². The first kappa shape index (κ1) is 23.3. The molecule has 2 aromatic carbocycles. The number of anilines is 1. The fraction of sp³-hybridized carbons (Fsp3) is 0.393. The van der Waals surface area contributed by atoms with Crippen molar-refractivity contribution >= 4 is 17.5 Å². The van der Waals surface area contributed by atoms with Crippen LogP contribution in [0.4, 0.5) is 5.69 Å². The lowest BCUT2D eigenvalue weighted by Crippen LogP contribution is -2.50.